The molecule has 1 aromatic rings. The normalized spacial score (nSPS) is 33.7. The van der Waals surface area contributed by atoms with Crippen molar-refractivity contribution in [3.8, 4) is 0 Å². The van der Waals surface area contributed by atoms with Crippen LogP contribution in [-0.2, 0) is 4.79 Å². The van der Waals surface area contributed by atoms with Crippen LogP contribution in [0.1, 0.15) is 68.6 Å². The van der Waals surface area contributed by atoms with Crippen molar-refractivity contribution in [1.82, 2.24) is 15.2 Å². The van der Waals surface area contributed by atoms with Crippen molar-refractivity contribution in [3.05, 3.63) is 23.9 Å². The molecule has 29 heavy (non-hydrogen) atoms. The number of carbonyl (C=O) groups excluding carboxylic acids is 2. The zero-order valence-electron chi connectivity index (χ0n) is 17.2. The molecule has 4 aliphatic carbocycles. The van der Waals surface area contributed by atoms with E-state index in [2.05, 4.69) is 10.3 Å². The molecule has 4 saturated carbocycles. The number of aromatic nitrogens is 1. The number of nitrogens with one attached hydrogen (secondary N) is 1. The van der Waals surface area contributed by atoms with Gasteiger partial charge in [0.2, 0.25) is 5.91 Å². The summed E-state index contributed by atoms with van der Waals surface area (Å²) >= 11 is 1.48. The zero-order valence-corrected chi connectivity index (χ0v) is 18.0. The summed E-state index contributed by atoms with van der Waals surface area (Å²) in [4.78, 5) is 31.8. The van der Waals surface area contributed by atoms with Crippen molar-refractivity contribution in [2.24, 2.45) is 17.8 Å². The molecule has 1 N–H and O–H groups in total. The van der Waals surface area contributed by atoms with Crippen LogP contribution in [0.2, 0.25) is 0 Å². The van der Waals surface area contributed by atoms with Gasteiger partial charge in [-0.1, -0.05) is 11.8 Å². The largest absolute Gasteiger partial charge is 0.350 e. The molecule has 0 spiro atoms. The fourth-order valence-corrected chi connectivity index (χ4v) is 7.33. The molecule has 6 rings (SSSR count). The predicted molar refractivity (Wildman–Crippen MR) is 114 cm³/mol. The highest BCUT2D eigenvalue weighted by Gasteiger charge is 2.51. The van der Waals surface area contributed by atoms with E-state index in [9.17, 15) is 9.59 Å². The molecular weight excluding hydrogens is 382 g/mol. The summed E-state index contributed by atoms with van der Waals surface area (Å²) in [6.07, 6.45) is 11.5. The van der Waals surface area contributed by atoms with Crippen LogP contribution in [0.3, 0.4) is 0 Å². The third-order valence-corrected chi connectivity index (χ3v) is 8.52. The Morgan fingerprint density at radius 1 is 1.10 bits per heavy atom. The average molecular weight is 414 g/mol. The summed E-state index contributed by atoms with van der Waals surface area (Å²) in [5, 5.41) is 4.08. The maximum atomic E-state index is 13.0. The van der Waals surface area contributed by atoms with E-state index in [4.69, 9.17) is 0 Å². The van der Waals surface area contributed by atoms with Crippen LogP contribution in [0.4, 0.5) is 0 Å². The van der Waals surface area contributed by atoms with Crippen molar-refractivity contribution in [1.29, 1.82) is 0 Å². The third-order valence-electron chi connectivity index (χ3n) is 7.47. The second kappa shape index (κ2) is 7.60. The van der Waals surface area contributed by atoms with Crippen LogP contribution < -0.4 is 5.32 Å². The van der Waals surface area contributed by atoms with Gasteiger partial charge in [0.15, 0.2) is 0 Å². The number of rotatable bonds is 5. The summed E-state index contributed by atoms with van der Waals surface area (Å²) in [6, 6.07) is 3.72. The van der Waals surface area contributed by atoms with E-state index in [1.165, 1.54) is 50.3 Å². The lowest BCUT2D eigenvalue weighted by Crippen LogP contribution is -2.60. The molecule has 2 heterocycles. The highest BCUT2D eigenvalue weighted by Crippen LogP contribution is 2.55. The van der Waals surface area contributed by atoms with Crippen molar-refractivity contribution >= 4 is 23.6 Å². The summed E-state index contributed by atoms with van der Waals surface area (Å²) in [5.41, 5.74) is 0.696. The summed E-state index contributed by atoms with van der Waals surface area (Å²) < 4.78 is 0. The quantitative estimate of drug-likeness (QED) is 0.744. The van der Waals surface area contributed by atoms with Crippen LogP contribution in [0.5, 0.6) is 0 Å². The molecule has 2 amide bonds. The molecule has 156 valence electrons. The number of nitrogens with zero attached hydrogens (tertiary/aromatic N) is 2. The van der Waals surface area contributed by atoms with Crippen molar-refractivity contribution in [2.45, 2.75) is 74.1 Å². The van der Waals surface area contributed by atoms with Gasteiger partial charge in [-0.15, -0.1) is 0 Å². The Hall–Kier alpha value is -1.56. The first kappa shape index (κ1) is 19.4. The maximum absolute atomic E-state index is 13.0. The Kier molecular flexibility index (Phi) is 5.09. The van der Waals surface area contributed by atoms with Crippen LogP contribution in [0.15, 0.2) is 23.4 Å². The van der Waals surface area contributed by atoms with Gasteiger partial charge in [-0.25, -0.2) is 4.98 Å². The minimum absolute atomic E-state index is 0.0556. The van der Waals surface area contributed by atoms with E-state index in [0.717, 1.165) is 48.7 Å². The molecule has 0 aromatic carbocycles. The number of carbonyl (C=O) groups is 2. The molecule has 6 heteroatoms. The first-order chi connectivity index (χ1) is 14.0. The Labute approximate surface area is 177 Å². The second-order valence-electron chi connectivity index (χ2n) is 9.83. The number of pyridine rings is 1. The van der Waals surface area contributed by atoms with Gasteiger partial charge in [0.05, 0.1) is 15.8 Å². The Bertz CT molecular complexity index is 753. The monoisotopic (exact) mass is 413 g/mol. The van der Waals surface area contributed by atoms with Gasteiger partial charge >= 0.3 is 0 Å². The number of hydrogen-bond acceptors (Lipinski definition) is 4. The minimum atomic E-state index is -0.185. The molecule has 1 unspecified atom stereocenters. The van der Waals surface area contributed by atoms with Crippen LogP contribution >= 0.6 is 11.8 Å². The lowest BCUT2D eigenvalue weighted by Gasteiger charge is -2.57. The van der Waals surface area contributed by atoms with Gasteiger partial charge < -0.3 is 10.2 Å². The SMILES string of the molecule is CC(Sc1ccc(C(=O)N2CCCC2)cn1)C(=O)NC12CC3CC(CC(C3)C1)C2. The molecule has 1 aliphatic heterocycles. The van der Waals surface area contributed by atoms with E-state index in [-0.39, 0.29) is 22.6 Å². The lowest BCUT2D eigenvalue weighted by molar-refractivity contribution is -0.126. The van der Waals surface area contributed by atoms with Gasteiger partial charge in [-0.05, 0) is 88.2 Å². The molecule has 4 bridgehead atoms. The predicted octanol–water partition coefficient (Wildman–Crippen LogP) is 3.88. The molecule has 1 aromatic heterocycles. The highest BCUT2D eigenvalue weighted by atomic mass is 32.2. The fourth-order valence-electron chi connectivity index (χ4n) is 6.54. The molecule has 1 atom stereocenters. The molecule has 5 aliphatic rings. The van der Waals surface area contributed by atoms with E-state index >= 15 is 0 Å². The number of thioether (sulfide) groups is 1. The first-order valence-corrected chi connectivity index (χ1v) is 12.1. The smallest absolute Gasteiger partial charge is 0.255 e. The van der Waals surface area contributed by atoms with E-state index < -0.39 is 0 Å². The number of amides is 2. The van der Waals surface area contributed by atoms with Crippen LogP contribution in [-0.4, -0.2) is 45.6 Å². The summed E-state index contributed by atoms with van der Waals surface area (Å²) in [6.45, 7) is 3.65. The second-order valence-corrected chi connectivity index (χ2v) is 11.2. The standard InChI is InChI=1S/C23H31N3O2S/c1-15(21(27)25-23-11-16-8-17(12-23)10-18(9-16)13-23)29-20-5-4-19(14-24-20)22(28)26-6-2-3-7-26/h4-5,14-18H,2-3,6-13H2,1H3,(H,25,27). The average Bonchev–Trinajstić information content (AvgIpc) is 3.21. The summed E-state index contributed by atoms with van der Waals surface area (Å²) in [5.74, 6) is 2.68. The topological polar surface area (TPSA) is 62.3 Å². The lowest BCUT2D eigenvalue weighted by atomic mass is 9.53. The molecule has 5 fully saturated rings. The van der Waals surface area contributed by atoms with Crippen molar-refractivity contribution < 1.29 is 9.59 Å². The Morgan fingerprint density at radius 3 is 2.28 bits per heavy atom. The zero-order chi connectivity index (χ0) is 20.0. The Morgan fingerprint density at radius 2 is 1.72 bits per heavy atom. The third kappa shape index (κ3) is 3.92. The van der Waals surface area contributed by atoms with Crippen molar-refractivity contribution in [3.63, 3.8) is 0 Å². The van der Waals surface area contributed by atoms with Crippen molar-refractivity contribution in [2.75, 3.05) is 13.1 Å². The van der Waals surface area contributed by atoms with Gasteiger partial charge in [-0.3, -0.25) is 9.59 Å². The number of hydrogen-bond donors (Lipinski definition) is 1. The van der Waals surface area contributed by atoms with Gasteiger partial charge in [0, 0.05) is 24.8 Å². The van der Waals surface area contributed by atoms with Gasteiger partial charge in [0.25, 0.3) is 5.91 Å². The maximum Gasteiger partial charge on any atom is 0.255 e. The highest BCUT2D eigenvalue weighted by molar-refractivity contribution is 8.00. The van der Waals surface area contributed by atoms with Crippen LogP contribution in [0.25, 0.3) is 0 Å². The van der Waals surface area contributed by atoms with E-state index in [1.807, 2.05) is 24.0 Å². The van der Waals surface area contributed by atoms with Gasteiger partial charge in [0.1, 0.15) is 0 Å². The van der Waals surface area contributed by atoms with Crippen LogP contribution in [0, 0.1) is 17.8 Å². The number of likely N-dealkylation sites (tertiary alicyclic amines) is 1. The Balaban J connectivity index is 1.18. The first-order valence-electron chi connectivity index (χ1n) is 11.2. The van der Waals surface area contributed by atoms with Gasteiger partial charge in [-0.2, -0.15) is 0 Å². The molecular formula is C23H31N3O2S. The minimum Gasteiger partial charge on any atom is -0.350 e. The fraction of sp³-hybridized carbons (Fsp3) is 0.696. The summed E-state index contributed by atoms with van der Waals surface area (Å²) in [7, 11) is 0. The van der Waals surface area contributed by atoms with E-state index in [0.29, 0.717) is 5.56 Å². The molecule has 1 saturated heterocycles. The molecule has 5 nitrogen and oxygen atoms in total. The van der Waals surface area contributed by atoms with E-state index in [1.54, 1.807) is 6.20 Å². The molecule has 0 radical (unpaired) electrons.